The summed E-state index contributed by atoms with van der Waals surface area (Å²) in [6, 6.07) is 5.26. The molecule has 0 aliphatic heterocycles. The molecule has 123 valence electrons. The van der Waals surface area contributed by atoms with E-state index < -0.39 is 16.7 Å². The predicted molar refractivity (Wildman–Crippen MR) is 82.7 cm³/mol. The summed E-state index contributed by atoms with van der Waals surface area (Å²) in [4.78, 5) is 44.6. The van der Waals surface area contributed by atoms with E-state index in [1.54, 1.807) is 12.5 Å². The largest absolute Gasteiger partial charge is 0.322 e. The van der Waals surface area contributed by atoms with E-state index in [4.69, 9.17) is 5.84 Å². The number of hydrazine groups is 1. The third kappa shape index (κ3) is 3.90. The van der Waals surface area contributed by atoms with Crippen LogP contribution in [0.5, 0.6) is 0 Å². The average Bonchev–Trinajstić information content (AvgIpc) is 2.60. The molecule has 1 aromatic carbocycles. The molecular formula is C15H13N4O5. The second-order valence-corrected chi connectivity index (χ2v) is 4.78. The number of carbonyl (C=O) groups excluding carboxylic acids is 3. The number of nitro benzene ring substituents is 1. The van der Waals surface area contributed by atoms with Gasteiger partial charge in [-0.2, -0.15) is 0 Å². The van der Waals surface area contributed by atoms with Crippen LogP contribution in [0.3, 0.4) is 0 Å². The zero-order valence-electron chi connectivity index (χ0n) is 12.3. The lowest BCUT2D eigenvalue weighted by Gasteiger charge is -2.16. The summed E-state index contributed by atoms with van der Waals surface area (Å²) in [5, 5.41) is 13.7. The van der Waals surface area contributed by atoms with Gasteiger partial charge in [0.25, 0.3) is 17.5 Å². The highest BCUT2D eigenvalue weighted by molar-refractivity contribution is 6.01. The summed E-state index contributed by atoms with van der Waals surface area (Å²) < 4.78 is 0. The number of carbonyl (C=O) groups is 3. The molecule has 0 unspecified atom stereocenters. The Hall–Kier alpha value is -3.33. The first-order chi connectivity index (χ1) is 11.4. The van der Waals surface area contributed by atoms with Crippen molar-refractivity contribution in [3.05, 3.63) is 69.8 Å². The van der Waals surface area contributed by atoms with Crippen molar-refractivity contribution in [2.24, 2.45) is 5.84 Å². The molecule has 9 nitrogen and oxygen atoms in total. The molecule has 1 radical (unpaired) electrons. The van der Waals surface area contributed by atoms with Crippen LogP contribution in [0.2, 0.25) is 0 Å². The normalized spacial score (nSPS) is 13.4. The number of hydrogen-bond acceptors (Lipinski definition) is 6. The molecule has 0 aromatic heterocycles. The van der Waals surface area contributed by atoms with Crippen LogP contribution in [-0.4, -0.2) is 28.2 Å². The number of imide groups is 1. The maximum atomic E-state index is 12.2. The molecular weight excluding hydrogens is 316 g/mol. The number of benzene rings is 1. The van der Waals surface area contributed by atoms with Crippen molar-refractivity contribution >= 4 is 23.9 Å². The lowest BCUT2D eigenvalue weighted by Crippen LogP contribution is -2.37. The van der Waals surface area contributed by atoms with Gasteiger partial charge in [0.15, 0.2) is 0 Å². The first kappa shape index (κ1) is 17.0. The number of nitro groups is 1. The maximum Gasteiger partial charge on any atom is 0.270 e. The van der Waals surface area contributed by atoms with Crippen molar-refractivity contribution in [2.45, 2.75) is 6.42 Å². The molecule has 0 heterocycles. The molecule has 0 fully saturated rings. The zero-order chi connectivity index (χ0) is 17.7. The number of hydrogen-bond donors (Lipinski definition) is 2. The Morgan fingerprint density at radius 2 is 2.12 bits per heavy atom. The van der Waals surface area contributed by atoms with E-state index in [2.05, 4.69) is 5.32 Å². The van der Waals surface area contributed by atoms with Crippen LogP contribution in [0.4, 0.5) is 5.69 Å². The second kappa shape index (κ2) is 7.29. The molecule has 0 saturated heterocycles. The molecule has 1 aliphatic carbocycles. The van der Waals surface area contributed by atoms with Crippen LogP contribution >= 0.6 is 0 Å². The van der Waals surface area contributed by atoms with Gasteiger partial charge in [0, 0.05) is 35.4 Å². The summed E-state index contributed by atoms with van der Waals surface area (Å²) in [6.45, 7) is 0. The van der Waals surface area contributed by atoms with Gasteiger partial charge in [0.1, 0.15) is 0 Å². The van der Waals surface area contributed by atoms with Crippen LogP contribution in [0.15, 0.2) is 47.7 Å². The number of amides is 3. The highest BCUT2D eigenvalue weighted by atomic mass is 16.6. The zero-order valence-corrected chi connectivity index (χ0v) is 12.3. The molecule has 0 atom stereocenters. The van der Waals surface area contributed by atoms with E-state index in [9.17, 15) is 24.5 Å². The first-order valence-electron chi connectivity index (χ1n) is 6.77. The van der Waals surface area contributed by atoms with E-state index in [-0.39, 0.29) is 23.2 Å². The Labute approximate surface area is 136 Å². The summed E-state index contributed by atoms with van der Waals surface area (Å²) in [5.41, 5.74) is 0.386. The fraction of sp³-hybridized carbons (Fsp3) is 0.0667. The summed E-state index contributed by atoms with van der Waals surface area (Å²) in [7, 11) is 0. The lowest BCUT2D eigenvalue weighted by molar-refractivity contribution is -0.384. The fourth-order valence-corrected chi connectivity index (χ4v) is 2.00. The molecule has 0 spiro atoms. The number of nitrogens with one attached hydrogen (secondary N) is 1. The number of nitrogens with two attached hydrogens (primary N) is 1. The van der Waals surface area contributed by atoms with Crippen LogP contribution in [0.1, 0.15) is 16.8 Å². The van der Waals surface area contributed by atoms with E-state index in [0.717, 1.165) is 6.07 Å². The quantitative estimate of drug-likeness (QED) is 0.267. The minimum Gasteiger partial charge on any atom is -0.322 e. The number of nitrogens with zero attached hydrogens (tertiary/aromatic N) is 2. The van der Waals surface area contributed by atoms with E-state index >= 15 is 0 Å². The minimum atomic E-state index is -0.708. The van der Waals surface area contributed by atoms with Crippen molar-refractivity contribution in [1.82, 2.24) is 10.3 Å². The number of non-ortho nitro benzene ring substituents is 1. The monoisotopic (exact) mass is 329 g/mol. The van der Waals surface area contributed by atoms with Crippen LogP contribution in [0.25, 0.3) is 0 Å². The Kier molecular flexibility index (Phi) is 5.17. The predicted octanol–water partition coefficient (Wildman–Crippen LogP) is 0.602. The van der Waals surface area contributed by atoms with E-state index in [0.29, 0.717) is 17.1 Å². The molecule has 0 bridgehead atoms. The van der Waals surface area contributed by atoms with Crippen molar-refractivity contribution in [3.8, 4) is 0 Å². The summed E-state index contributed by atoms with van der Waals surface area (Å²) >= 11 is 0. The highest BCUT2D eigenvalue weighted by Crippen LogP contribution is 2.18. The first-order valence-corrected chi connectivity index (χ1v) is 6.77. The van der Waals surface area contributed by atoms with Gasteiger partial charge in [-0.05, 0) is 18.6 Å². The third-order valence-electron chi connectivity index (χ3n) is 3.16. The Balaban J connectivity index is 2.14. The second-order valence-electron chi connectivity index (χ2n) is 4.78. The van der Waals surface area contributed by atoms with Gasteiger partial charge < -0.3 is 5.32 Å². The molecule has 9 heteroatoms. The van der Waals surface area contributed by atoms with Crippen molar-refractivity contribution in [2.75, 3.05) is 0 Å². The van der Waals surface area contributed by atoms with Crippen molar-refractivity contribution < 1.29 is 19.3 Å². The molecule has 3 amide bonds. The van der Waals surface area contributed by atoms with E-state index in [1.807, 2.05) is 0 Å². The van der Waals surface area contributed by atoms with Crippen molar-refractivity contribution in [3.63, 3.8) is 0 Å². The van der Waals surface area contributed by atoms with Gasteiger partial charge in [0.2, 0.25) is 6.41 Å². The minimum absolute atomic E-state index is 0.106. The fourth-order valence-electron chi connectivity index (χ4n) is 2.00. The number of allylic oxidation sites excluding steroid dienone is 2. The SMILES string of the molecule is NN(C=O)C(=O)C1=CC(NC(=O)c2cccc([N+](=O)[O-])c2)=CC[CH]1. The van der Waals surface area contributed by atoms with Gasteiger partial charge in [-0.1, -0.05) is 12.1 Å². The molecule has 3 N–H and O–H groups in total. The van der Waals surface area contributed by atoms with Gasteiger partial charge in [-0.25, -0.2) is 10.9 Å². The maximum absolute atomic E-state index is 12.2. The third-order valence-corrected chi connectivity index (χ3v) is 3.16. The van der Waals surface area contributed by atoms with Crippen LogP contribution in [0, 0.1) is 16.5 Å². The molecule has 1 aliphatic rings. The molecule has 24 heavy (non-hydrogen) atoms. The molecule has 2 rings (SSSR count). The molecule has 1 aromatic rings. The van der Waals surface area contributed by atoms with Crippen molar-refractivity contribution in [1.29, 1.82) is 0 Å². The Bertz CT molecular complexity index is 769. The summed E-state index contributed by atoms with van der Waals surface area (Å²) in [5.74, 6) is 3.95. The summed E-state index contributed by atoms with van der Waals surface area (Å²) in [6.07, 6.45) is 5.10. The highest BCUT2D eigenvalue weighted by Gasteiger charge is 2.19. The van der Waals surface area contributed by atoms with Crippen LogP contribution < -0.4 is 11.2 Å². The van der Waals surface area contributed by atoms with Crippen LogP contribution in [-0.2, 0) is 9.59 Å². The standard InChI is InChI=1S/C15H13N4O5/c16-18(9-20)15(22)11-4-1-5-12(7-11)17-14(21)10-3-2-6-13(8-10)19(23)24/h2-9H,1,16H2,(H,17,21). The Morgan fingerprint density at radius 3 is 2.79 bits per heavy atom. The van der Waals surface area contributed by atoms with Gasteiger partial charge in [-0.15, -0.1) is 0 Å². The Morgan fingerprint density at radius 1 is 1.38 bits per heavy atom. The van der Waals surface area contributed by atoms with E-state index in [1.165, 1.54) is 24.3 Å². The average molecular weight is 329 g/mol. The lowest BCUT2D eigenvalue weighted by atomic mass is 10.0. The topological polar surface area (TPSA) is 136 Å². The van der Waals surface area contributed by atoms with Gasteiger partial charge in [-0.3, -0.25) is 24.5 Å². The van der Waals surface area contributed by atoms with Gasteiger partial charge >= 0.3 is 0 Å². The molecule has 0 saturated carbocycles. The number of rotatable bonds is 5. The van der Waals surface area contributed by atoms with Gasteiger partial charge in [0.05, 0.1) is 4.92 Å². The smallest absolute Gasteiger partial charge is 0.270 e.